The zero-order chi connectivity index (χ0) is 9.54. The molecule has 0 radical (unpaired) electrons. The van der Waals surface area contributed by atoms with Crippen molar-refractivity contribution in [3.05, 3.63) is 26.2 Å². The van der Waals surface area contributed by atoms with E-state index in [1.165, 1.54) is 26.7 Å². The van der Waals surface area contributed by atoms with Crippen LogP contribution in [-0.4, -0.2) is 11.3 Å². The molecule has 3 rings (SSSR count). The molecule has 0 aromatic carbocycles. The first-order valence-corrected chi connectivity index (χ1v) is 6.09. The summed E-state index contributed by atoms with van der Waals surface area (Å²) in [5.74, 6) is 0. The second-order valence-corrected chi connectivity index (χ2v) is 5.32. The van der Waals surface area contributed by atoms with Crippen molar-refractivity contribution in [2.75, 3.05) is 0 Å². The monoisotopic (exact) mass is 221 g/mol. The number of aromatic nitrogens is 1. The van der Waals surface area contributed by atoms with Gasteiger partial charge in [0, 0.05) is 15.3 Å². The maximum atomic E-state index is 10.6. The van der Waals surface area contributed by atoms with Gasteiger partial charge in [-0.2, -0.15) is 0 Å². The van der Waals surface area contributed by atoms with Gasteiger partial charge in [0.05, 0.1) is 5.69 Å². The van der Waals surface area contributed by atoms with Crippen molar-refractivity contribution in [1.82, 2.24) is 4.98 Å². The lowest BCUT2D eigenvalue weighted by atomic mass is 10.0. The van der Waals surface area contributed by atoms with Crippen molar-refractivity contribution in [3.8, 4) is 11.3 Å². The van der Waals surface area contributed by atoms with Crippen LogP contribution in [0.15, 0.2) is 11.4 Å². The third-order valence-electron chi connectivity index (χ3n) is 2.39. The van der Waals surface area contributed by atoms with E-state index in [1.807, 2.05) is 0 Å². The molecule has 2 heterocycles. The standard InChI is InChI=1S/C10H7NOS2/c12-5-9-11-10-6-3-4-13-7(6)1-2-8(10)14-9/h3-5H,1-2H2. The van der Waals surface area contributed by atoms with E-state index in [0.717, 1.165) is 24.8 Å². The Morgan fingerprint density at radius 2 is 2.21 bits per heavy atom. The minimum absolute atomic E-state index is 0.606. The van der Waals surface area contributed by atoms with Gasteiger partial charge in [-0.3, -0.25) is 4.79 Å². The highest BCUT2D eigenvalue weighted by atomic mass is 32.1. The Bertz CT molecular complexity index is 498. The van der Waals surface area contributed by atoms with Crippen molar-refractivity contribution in [2.45, 2.75) is 12.8 Å². The summed E-state index contributed by atoms with van der Waals surface area (Å²) < 4.78 is 0. The van der Waals surface area contributed by atoms with Crippen LogP contribution in [0.3, 0.4) is 0 Å². The van der Waals surface area contributed by atoms with E-state index in [0.29, 0.717) is 5.01 Å². The van der Waals surface area contributed by atoms with Crippen LogP contribution in [0, 0.1) is 0 Å². The molecule has 0 amide bonds. The molecular weight excluding hydrogens is 214 g/mol. The number of nitrogens with zero attached hydrogens (tertiary/aromatic N) is 1. The van der Waals surface area contributed by atoms with Crippen LogP contribution in [0.5, 0.6) is 0 Å². The molecule has 70 valence electrons. The molecule has 0 N–H and O–H groups in total. The van der Waals surface area contributed by atoms with Crippen LogP contribution in [0.4, 0.5) is 0 Å². The molecule has 0 atom stereocenters. The number of rotatable bonds is 1. The topological polar surface area (TPSA) is 30.0 Å². The molecule has 0 aliphatic heterocycles. The number of aldehydes is 1. The molecule has 0 bridgehead atoms. The molecule has 2 aromatic heterocycles. The van der Waals surface area contributed by atoms with Gasteiger partial charge < -0.3 is 0 Å². The van der Waals surface area contributed by atoms with Crippen molar-refractivity contribution < 1.29 is 4.79 Å². The largest absolute Gasteiger partial charge is 0.295 e. The van der Waals surface area contributed by atoms with Gasteiger partial charge in [0.15, 0.2) is 11.3 Å². The molecule has 0 unspecified atom stereocenters. The fraction of sp³-hybridized carbons (Fsp3) is 0.200. The van der Waals surface area contributed by atoms with Gasteiger partial charge in [0.25, 0.3) is 0 Å². The molecule has 4 heteroatoms. The number of thiazole rings is 1. The average Bonchev–Trinajstić information content (AvgIpc) is 2.82. The summed E-state index contributed by atoms with van der Waals surface area (Å²) in [6.45, 7) is 0. The Kier molecular flexibility index (Phi) is 1.78. The fourth-order valence-corrected chi connectivity index (χ4v) is 3.55. The summed E-state index contributed by atoms with van der Waals surface area (Å²) >= 11 is 3.31. The predicted molar refractivity (Wildman–Crippen MR) is 58.2 cm³/mol. The number of hydrogen-bond acceptors (Lipinski definition) is 4. The number of carbonyl (C=O) groups excluding carboxylic acids is 1. The summed E-state index contributed by atoms with van der Waals surface area (Å²) in [6, 6.07) is 2.10. The Morgan fingerprint density at radius 1 is 1.36 bits per heavy atom. The third-order valence-corrected chi connectivity index (χ3v) is 4.42. The maximum Gasteiger partial charge on any atom is 0.178 e. The van der Waals surface area contributed by atoms with E-state index < -0.39 is 0 Å². The van der Waals surface area contributed by atoms with E-state index in [4.69, 9.17) is 0 Å². The Labute approximate surface area is 89.2 Å². The molecular formula is C10H7NOS2. The van der Waals surface area contributed by atoms with Crippen LogP contribution < -0.4 is 0 Å². The number of carbonyl (C=O) groups is 1. The predicted octanol–water partition coefficient (Wildman–Crippen LogP) is 2.78. The van der Waals surface area contributed by atoms with Crippen LogP contribution in [0.25, 0.3) is 11.3 Å². The first kappa shape index (κ1) is 8.32. The highest BCUT2D eigenvalue weighted by Crippen LogP contribution is 2.38. The summed E-state index contributed by atoms with van der Waals surface area (Å²) in [5.41, 5.74) is 2.28. The number of hydrogen-bond donors (Lipinski definition) is 0. The van der Waals surface area contributed by atoms with E-state index in [1.54, 1.807) is 11.3 Å². The van der Waals surface area contributed by atoms with Gasteiger partial charge in [-0.1, -0.05) is 0 Å². The minimum Gasteiger partial charge on any atom is -0.295 e. The summed E-state index contributed by atoms with van der Waals surface area (Å²) in [4.78, 5) is 17.6. The Hall–Kier alpha value is -1.00. The molecule has 14 heavy (non-hydrogen) atoms. The third kappa shape index (κ3) is 1.07. The molecule has 0 saturated heterocycles. The first-order chi connectivity index (χ1) is 6.88. The summed E-state index contributed by atoms with van der Waals surface area (Å²) in [5, 5.41) is 2.70. The normalized spacial score (nSPS) is 13.4. The lowest BCUT2D eigenvalue weighted by molar-refractivity contribution is 0.112. The highest BCUT2D eigenvalue weighted by Gasteiger charge is 2.21. The lowest BCUT2D eigenvalue weighted by Crippen LogP contribution is -1.97. The maximum absolute atomic E-state index is 10.6. The van der Waals surface area contributed by atoms with Crippen LogP contribution in [-0.2, 0) is 12.8 Å². The number of aryl methyl sites for hydroxylation is 2. The van der Waals surface area contributed by atoms with E-state index in [9.17, 15) is 4.79 Å². The first-order valence-electron chi connectivity index (χ1n) is 4.40. The highest BCUT2D eigenvalue weighted by molar-refractivity contribution is 7.14. The second kappa shape index (κ2) is 3.00. The minimum atomic E-state index is 0.606. The van der Waals surface area contributed by atoms with Crippen molar-refractivity contribution in [2.24, 2.45) is 0 Å². The van der Waals surface area contributed by atoms with Crippen LogP contribution >= 0.6 is 22.7 Å². The lowest BCUT2D eigenvalue weighted by Gasteiger charge is -2.09. The summed E-state index contributed by atoms with van der Waals surface area (Å²) in [6.07, 6.45) is 2.98. The Balaban J connectivity index is 2.24. The molecule has 2 nitrogen and oxygen atoms in total. The fourth-order valence-electron chi connectivity index (χ4n) is 1.77. The van der Waals surface area contributed by atoms with Gasteiger partial charge in [-0.05, 0) is 24.3 Å². The molecule has 0 spiro atoms. The van der Waals surface area contributed by atoms with Gasteiger partial charge in [-0.15, -0.1) is 22.7 Å². The van der Waals surface area contributed by atoms with Gasteiger partial charge >= 0.3 is 0 Å². The number of fused-ring (bicyclic) bond motifs is 3. The Morgan fingerprint density at radius 3 is 3.07 bits per heavy atom. The van der Waals surface area contributed by atoms with E-state index in [2.05, 4.69) is 16.4 Å². The van der Waals surface area contributed by atoms with Crippen LogP contribution in [0.2, 0.25) is 0 Å². The van der Waals surface area contributed by atoms with Gasteiger partial charge in [0.1, 0.15) is 0 Å². The van der Waals surface area contributed by atoms with Crippen molar-refractivity contribution in [3.63, 3.8) is 0 Å². The molecule has 1 aliphatic carbocycles. The SMILES string of the molecule is O=Cc1nc2c(s1)CCc1sccc1-2. The molecule has 0 saturated carbocycles. The molecule has 2 aromatic rings. The van der Waals surface area contributed by atoms with Gasteiger partial charge in [0.2, 0.25) is 0 Å². The second-order valence-electron chi connectivity index (χ2n) is 3.20. The van der Waals surface area contributed by atoms with E-state index >= 15 is 0 Å². The average molecular weight is 221 g/mol. The molecule has 1 aliphatic rings. The quantitative estimate of drug-likeness (QED) is 0.693. The van der Waals surface area contributed by atoms with E-state index in [-0.39, 0.29) is 0 Å². The summed E-state index contributed by atoms with van der Waals surface area (Å²) in [7, 11) is 0. The van der Waals surface area contributed by atoms with Crippen LogP contribution in [0.1, 0.15) is 19.6 Å². The van der Waals surface area contributed by atoms with Crippen molar-refractivity contribution in [1.29, 1.82) is 0 Å². The zero-order valence-electron chi connectivity index (χ0n) is 7.32. The van der Waals surface area contributed by atoms with Crippen molar-refractivity contribution >= 4 is 29.0 Å². The molecule has 0 fully saturated rings. The smallest absolute Gasteiger partial charge is 0.178 e. The van der Waals surface area contributed by atoms with Gasteiger partial charge in [-0.25, -0.2) is 4.98 Å². The zero-order valence-corrected chi connectivity index (χ0v) is 8.95. The number of thiophene rings is 1.